The average Bonchev–Trinajstić information content (AvgIpc) is 3.13. The van der Waals surface area contributed by atoms with Gasteiger partial charge in [0.15, 0.2) is 11.7 Å². The zero-order valence-electron chi connectivity index (χ0n) is 15.9. The van der Waals surface area contributed by atoms with Crippen LogP contribution in [-0.4, -0.2) is 21.9 Å². The molecule has 0 fully saturated rings. The van der Waals surface area contributed by atoms with Crippen LogP contribution in [0, 0.1) is 6.92 Å². The fraction of sp³-hybridized carbons (Fsp3) is 0.238. The Bertz CT molecular complexity index is 1060. The van der Waals surface area contributed by atoms with Gasteiger partial charge < -0.3 is 10.6 Å². The van der Waals surface area contributed by atoms with Crippen molar-refractivity contribution in [3.8, 4) is 0 Å². The number of carbonyl (C=O) groups excluding carboxylic acids is 1. The van der Waals surface area contributed by atoms with Gasteiger partial charge in [-0.3, -0.25) is 4.79 Å². The average molecular weight is 435 g/mol. The number of nitrogens with one attached hydrogen (secondary N) is 2. The molecule has 2 heterocycles. The lowest BCUT2D eigenvalue weighted by Gasteiger charge is -2.33. The number of hydrogen-bond donors (Lipinski definition) is 2. The van der Waals surface area contributed by atoms with Gasteiger partial charge in [-0.05, 0) is 36.8 Å². The number of aromatic nitrogens is 2. The van der Waals surface area contributed by atoms with E-state index in [-0.39, 0.29) is 17.9 Å². The van der Waals surface area contributed by atoms with Crippen molar-refractivity contribution in [3.63, 3.8) is 0 Å². The van der Waals surface area contributed by atoms with Crippen LogP contribution in [0.15, 0.2) is 54.6 Å². The lowest BCUT2D eigenvalue weighted by molar-refractivity contribution is -0.173. The molecule has 2 unspecified atom stereocenters. The summed E-state index contributed by atoms with van der Waals surface area (Å²) in [6.07, 6.45) is -4.73. The molecule has 1 amide bonds. The quantitative estimate of drug-likeness (QED) is 0.551. The summed E-state index contributed by atoms with van der Waals surface area (Å²) < 4.78 is 42.1. The second-order valence-electron chi connectivity index (χ2n) is 7.22. The Kier molecular flexibility index (Phi) is 5.19. The third-order valence-electron chi connectivity index (χ3n) is 5.00. The van der Waals surface area contributed by atoms with Crippen LogP contribution in [0.5, 0.6) is 0 Å². The fourth-order valence-electron chi connectivity index (χ4n) is 3.43. The Morgan fingerprint density at radius 2 is 1.83 bits per heavy atom. The van der Waals surface area contributed by atoms with Crippen LogP contribution in [0.2, 0.25) is 5.02 Å². The third-order valence-corrected chi connectivity index (χ3v) is 5.26. The molecule has 3 aromatic rings. The molecule has 2 atom stereocenters. The first-order chi connectivity index (χ1) is 14.2. The van der Waals surface area contributed by atoms with Crippen LogP contribution < -0.4 is 10.6 Å². The van der Waals surface area contributed by atoms with Crippen LogP contribution >= 0.6 is 11.6 Å². The molecule has 30 heavy (non-hydrogen) atoms. The summed E-state index contributed by atoms with van der Waals surface area (Å²) >= 11 is 5.82. The van der Waals surface area contributed by atoms with Crippen molar-refractivity contribution in [1.82, 2.24) is 9.78 Å². The summed E-state index contributed by atoms with van der Waals surface area (Å²) in [7, 11) is 0. The first-order valence-electron chi connectivity index (χ1n) is 9.27. The summed E-state index contributed by atoms with van der Waals surface area (Å²) in [5.41, 5.74) is 2.13. The highest BCUT2D eigenvalue weighted by Gasteiger charge is 2.46. The maximum atomic E-state index is 13.8. The molecule has 0 radical (unpaired) electrons. The Balaban J connectivity index is 1.63. The maximum absolute atomic E-state index is 13.8. The van der Waals surface area contributed by atoms with Crippen LogP contribution in [0.3, 0.4) is 0 Å². The zero-order chi connectivity index (χ0) is 21.5. The summed E-state index contributed by atoms with van der Waals surface area (Å²) in [4.78, 5) is 12.5. The van der Waals surface area contributed by atoms with Crippen LogP contribution in [0.4, 0.5) is 24.7 Å². The van der Waals surface area contributed by atoms with E-state index in [4.69, 9.17) is 11.6 Å². The lowest BCUT2D eigenvalue weighted by Crippen LogP contribution is -2.35. The van der Waals surface area contributed by atoms with Crippen LogP contribution in [0.1, 0.15) is 40.1 Å². The Labute approximate surface area is 175 Å². The minimum Gasteiger partial charge on any atom is -0.363 e. The highest BCUT2D eigenvalue weighted by molar-refractivity contribution is 6.30. The van der Waals surface area contributed by atoms with E-state index in [1.54, 1.807) is 36.4 Å². The number of rotatable bonds is 3. The molecule has 2 aromatic carbocycles. The number of alkyl halides is 3. The predicted octanol–water partition coefficient (Wildman–Crippen LogP) is 5.76. The topological polar surface area (TPSA) is 59.0 Å². The van der Waals surface area contributed by atoms with Gasteiger partial charge in [0.25, 0.3) is 5.91 Å². The van der Waals surface area contributed by atoms with Crippen LogP contribution in [-0.2, 0) is 0 Å². The summed E-state index contributed by atoms with van der Waals surface area (Å²) in [6, 6.07) is 12.7. The van der Waals surface area contributed by atoms with Gasteiger partial charge in [-0.2, -0.15) is 18.3 Å². The first-order valence-corrected chi connectivity index (χ1v) is 9.65. The van der Waals surface area contributed by atoms with E-state index in [9.17, 15) is 18.0 Å². The summed E-state index contributed by atoms with van der Waals surface area (Å²) in [5, 5.41) is 10.2. The molecular formula is C21H18ClF3N4O. The van der Waals surface area contributed by atoms with Gasteiger partial charge in [-0.15, -0.1) is 0 Å². The lowest BCUT2D eigenvalue weighted by atomic mass is 9.96. The second kappa shape index (κ2) is 7.68. The van der Waals surface area contributed by atoms with Crippen molar-refractivity contribution in [2.45, 2.75) is 31.6 Å². The Morgan fingerprint density at radius 3 is 2.47 bits per heavy atom. The fourth-order valence-corrected chi connectivity index (χ4v) is 3.56. The molecule has 0 saturated carbocycles. The summed E-state index contributed by atoms with van der Waals surface area (Å²) in [5.74, 6) is -0.454. The maximum Gasteiger partial charge on any atom is 0.410 e. The number of fused-ring (bicyclic) bond motifs is 1. The molecular weight excluding hydrogens is 417 g/mol. The van der Waals surface area contributed by atoms with Crippen molar-refractivity contribution < 1.29 is 18.0 Å². The number of aryl methyl sites for hydroxylation is 1. The van der Waals surface area contributed by atoms with Crippen LogP contribution in [0.25, 0.3) is 0 Å². The summed E-state index contributed by atoms with van der Waals surface area (Å²) in [6.45, 7) is 1.91. The monoisotopic (exact) mass is 434 g/mol. The molecule has 0 aliphatic carbocycles. The number of nitrogens with zero attached hydrogens (tertiary/aromatic N) is 2. The van der Waals surface area contributed by atoms with Gasteiger partial charge in [0.05, 0.1) is 6.04 Å². The van der Waals surface area contributed by atoms with Gasteiger partial charge in [0.2, 0.25) is 0 Å². The third kappa shape index (κ3) is 4.14. The molecule has 0 bridgehead atoms. The molecule has 1 aliphatic rings. The predicted molar refractivity (Wildman–Crippen MR) is 109 cm³/mol. The van der Waals surface area contributed by atoms with E-state index in [1.807, 2.05) is 19.1 Å². The Hall–Kier alpha value is -3.00. The highest BCUT2D eigenvalue weighted by Crippen LogP contribution is 2.43. The molecule has 4 rings (SSSR count). The van der Waals surface area contributed by atoms with Gasteiger partial charge in [0, 0.05) is 23.2 Å². The number of amides is 1. The van der Waals surface area contributed by atoms with Crippen molar-refractivity contribution in [2.75, 3.05) is 10.6 Å². The van der Waals surface area contributed by atoms with E-state index in [2.05, 4.69) is 15.7 Å². The molecule has 9 heteroatoms. The van der Waals surface area contributed by atoms with Crippen molar-refractivity contribution in [2.24, 2.45) is 0 Å². The molecule has 0 spiro atoms. The van der Waals surface area contributed by atoms with E-state index in [1.165, 1.54) is 6.07 Å². The molecule has 1 aromatic heterocycles. The highest BCUT2D eigenvalue weighted by atomic mass is 35.5. The van der Waals surface area contributed by atoms with Gasteiger partial charge in [-0.25, -0.2) is 4.68 Å². The van der Waals surface area contributed by atoms with Crippen molar-refractivity contribution >= 4 is 29.0 Å². The number of halogens is 4. The minimum atomic E-state index is -4.50. The van der Waals surface area contributed by atoms with Gasteiger partial charge in [0.1, 0.15) is 5.82 Å². The first kappa shape index (κ1) is 20.3. The molecule has 2 N–H and O–H groups in total. The van der Waals surface area contributed by atoms with E-state index >= 15 is 0 Å². The van der Waals surface area contributed by atoms with Crippen molar-refractivity contribution in [1.29, 1.82) is 0 Å². The number of hydrogen-bond acceptors (Lipinski definition) is 3. The Morgan fingerprint density at radius 1 is 1.17 bits per heavy atom. The smallest absolute Gasteiger partial charge is 0.363 e. The van der Waals surface area contributed by atoms with E-state index in [0.29, 0.717) is 10.7 Å². The number of benzene rings is 2. The second-order valence-corrected chi connectivity index (χ2v) is 7.66. The molecule has 1 aliphatic heterocycles. The van der Waals surface area contributed by atoms with Crippen molar-refractivity contribution in [3.05, 3.63) is 76.4 Å². The number of anilines is 2. The molecule has 0 saturated heterocycles. The largest absolute Gasteiger partial charge is 0.410 e. The minimum absolute atomic E-state index is 0.105. The van der Waals surface area contributed by atoms with Gasteiger partial charge in [-0.1, -0.05) is 41.4 Å². The molecule has 156 valence electrons. The van der Waals surface area contributed by atoms with Gasteiger partial charge >= 0.3 is 6.18 Å². The standard InChI is InChI=1S/C21H18ClF3N4O/c1-12-2-4-13(5-3-12)16-10-18(21(23,24)25)29-19(27-16)11-17(28-29)20(30)26-15-8-6-14(22)7-9-15/h2-9,11,16,18,27H,10H2,1H3,(H,26,30). The normalized spacial score (nSPS) is 18.4. The van der Waals surface area contributed by atoms with E-state index in [0.717, 1.165) is 15.8 Å². The zero-order valence-corrected chi connectivity index (χ0v) is 16.6. The number of carbonyl (C=O) groups is 1. The molecule has 5 nitrogen and oxygen atoms in total. The SMILES string of the molecule is Cc1ccc(C2CC(C(F)(F)F)n3nc(C(=O)Nc4ccc(Cl)cc4)cc3N2)cc1. The van der Waals surface area contributed by atoms with E-state index < -0.39 is 24.2 Å².